The second kappa shape index (κ2) is 8.71. The number of halogens is 2. The van der Waals surface area contributed by atoms with Crippen molar-refractivity contribution < 1.29 is 9.52 Å². The van der Waals surface area contributed by atoms with Gasteiger partial charge in [-0.05, 0) is 55.0 Å². The Bertz CT molecular complexity index is 1010. The zero-order valence-corrected chi connectivity index (χ0v) is 17.7. The standard InChI is InChI=1S/C21H19Cl2N3O2S/c22-14-6-3-5-13(18(14)23)16-8-9-17(28-16)20-19(15-7-1-2-10-24-15)25-21(29)26(20)11-4-12-27/h1-3,5-10,19-20,27H,4,11-12H2,(H,25,29)/t19-,20-/m0/s1. The molecule has 1 aliphatic heterocycles. The summed E-state index contributed by atoms with van der Waals surface area (Å²) in [6.07, 6.45) is 2.35. The molecule has 1 aliphatic rings. The average Bonchev–Trinajstić information content (AvgIpc) is 3.33. The Morgan fingerprint density at radius 3 is 2.76 bits per heavy atom. The molecule has 0 spiro atoms. The summed E-state index contributed by atoms with van der Waals surface area (Å²) in [6, 6.07) is 14.7. The van der Waals surface area contributed by atoms with Crippen LogP contribution in [0.25, 0.3) is 11.3 Å². The van der Waals surface area contributed by atoms with Gasteiger partial charge in [0.2, 0.25) is 0 Å². The Morgan fingerprint density at radius 1 is 1.14 bits per heavy atom. The molecule has 0 bridgehead atoms. The van der Waals surface area contributed by atoms with Crippen LogP contribution in [0.5, 0.6) is 0 Å². The van der Waals surface area contributed by atoms with Gasteiger partial charge in [-0.2, -0.15) is 0 Å². The third-order valence-corrected chi connectivity index (χ3v) is 6.06. The summed E-state index contributed by atoms with van der Waals surface area (Å²) in [5.41, 5.74) is 1.60. The number of thiocarbonyl (C=S) groups is 1. The van der Waals surface area contributed by atoms with E-state index in [1.165, 1.54) is 0 Å². The highest BCUT2D eigenvalue weighted by Gasteiger charge is 2.41. The largest absolute Gasteiger partial charge is 0.459 e. The summed E-state index contributed by atoms with van der Waals surface area (Å²) in [5.74, 6) is 1.36. The first-order valence-corrected chi connectivity index (χ1v) is 10.4. The minimum atomic E-state index is -0.198. The van der Waals surface area contributed by atoms with Gasteiger partial charge in [0, 0.05) is 24.9 Å². The highest BCUT2D eigenvalue weighted by atomic mass is 35.5. The summed E-state index contributed by atoms with van der Waals surface area (Å²) >= 11 is 18.1. The first-order valence-electron chi connectivity index (χ1n) is 9.23. The molecule has 2 N–H and O–H groups in total. The van der Waals surface area contributed by atoms with Gasteiger partial charge in [-0.25, -0.2) is 0 Å². The van der Waals surface area contributed by atoms with E-state index < -0.39 is 0 Å². The molecule has 0 aliphatic carbocycles. The van der Waals surface area contributed by atoms with Gasteiger partial charge in [0.15, 0.2) is 5.11 Å². The normalized spacial score (nSPS) is 18.9. The molecule has 0 amide bonds. The number of aromatic nitrogens is 1. The maximum Gasteiger partial charge on any atom is 0.170 e. The fourth-order valence-corrected chi connectivity index (χ4v) is 4.27. The molecular formula is C21H19Cl2N3O2S. The lowest BCUT2D eigenvalue weighted by molar-refractivity contribution is 0.233. The van der Waals surface area contributed by atoms with Crippen molar-refractivity contribution in [3.05, 3.63) is 76.2 Å². The van der Waals surface area contributed by atoms with Crippen LogP contribution in [-0.2, 0) is 0 Å². The molecule has 5 nitrogen and oxygen atoms in total. The van der Waals surface area contributed by atoms with Crippen LogP contribution in [0.2, 0.25) is 10.0 Å². The highest BCUT2D eigenvalue weighted by molar-refractivity contribution is 7.80. The Labute approximate surface area is 184 Å². The van der Waals surface area contributed by atoms with Crippen LogP contribution in [0.3, 0.4) is 0 Å². The molecule has 4 rings (SSSR count). The number of nitrogens with one attached hydrogen (secondary N) is 1. The van der Waals surface area contributed by atoms with E-state index in [9.17, 15) is 5.11 Å². The second-order valence-electron chi connectivity index (χ2n) is 6.70. The molecule has 150 valence electrons. The summed E-state index contributed by atoms with van der Waals surface area (Å²) < 4.78 is 6.23. The lowest BCUT2D eigenvalue weighted by Crippen LogP contribution is -2.30. The molecule has 3 heterocycles. The van der Waals surface area contributed by atoms with E-state index in [4.69, 9.17) is 39.8 Å². The molecule has 1 saturated heterocycles. The van der Waals surface area contributed by atoms with Crippen LogP contribution in [0, 0.1) is 0 Å². The number of aliphatic hydroxyl groups is 1. The van der Waals surface area contributed by atoms with Crippen LogP contribution in [0.1, 0.15) is 30.0 Å². The highest BCUT2D eigenvalue weighted by Crippen LogP contribution is 2.41. The number of pyridine rings is 1. The Kier molecular flexibility index (Phi) is 6.06. The van der Waals surface area contributed by atoms with Crippen LogP contribution in [0.15, 0.2) is 59.1 Å². The number of furan rings is 1. The molecular weight excluding hydrogens is 429 g/mol. The van der Waals surface area contributed by atoms with Crippen molar-refractivity contribution >= 4 is 40.5 Å². The van der Waals surface area contributed by atoms with Crippen molar-refractivity contribution in [3.8, 4) is 11.3 Å². The lowest BCUT2D eigenvalue weighted by Gasteiger charge is -2.25. The maximum absolute atomic E-state index is 9.31. The van der Waals surface area contributed by atoms with Crippen LogP contribution >= 0.6 is 35.4 Å². The molecule has 1 aromatic carbocycles. The van der Waals surface area contributed by atoms with Crippen molar-refractivity contribution in [1.82, 2.24) is 15.2 Å². The van der Waals surface area contributed by atoms with Crippen molar-refractivity contribution in [3.63, 3.8) is 0 Å². The van der Waals surface area contributed by atoms with E-state index in [0.29, 0.717) is 33.9 Å². The molecule has 0 unspecified atom stereocenters. The number of hydrogen-bond donors (Lipinski definition) is 2. The SMILES string of the molecule is OCCCN1C(=S)N[C@@H](c2ccccn2)[C@@H]1c1ccc(-c2cccc(Cl)c2Cl)o1. The number of hydrogen-bond acceptors (Lipinski definition) is 4. The zero-order chi connectivity index (χ0) is 20.4. The topological polar surface area (TPSA) is 61.5 Å². The number of nitrogens with zero attached hydrogens (tertiary/aromatic N) is 2. The monoisotopic (exact) mass is 447 g/mol. The van der Waals surface area contributed by atoms with Crippen molar-refractivity contribution in [2.75, 3.05) is 13.2 Å². The van der Waals surface area contributed by atoms with E-state index in [1.807, 2.05) is 47.4 Å². The molecule has 29 heavy (non-hydrogen) atoms. The summed E-state index contributed by atoms with van der Waals surface area (Å²) in [4.78, 5) is 6.53. The maximum atomic E-state index is 9.31. The van der Waals surface area contributed by atoms with E-state index in [-0.39, 0.29) is 18.7 Å². The summed E-state index contributed by atoms with van der Waals surface area (Å²) in [6.45, 7) is 0.686. The molecule has 0 radical (unpaired) electrons. The van der Waals surface area contributed by atoms with Crippen LogP contribution < -0.4 is 5.32 Å². The fourth-order valence-electron chi connectivity index (χ4n) is 3.55. The Morgan fingerprint density at radius 2 is 2.00 bits per heavy atom. The second-order valence-corrected chi connectivity index (χ2v) is 7.87. The fraction of sp³-hybridized carbons (Fsp3) is 0.238. The van der Waals surface area contributed by atoms with Gasteiger partial charge in [-0.1, -0.05) is 35.3 Å². The van der Waals surface area contributed by atoms with Gasteiger partial charge in [0.25, 0.3) is 0 Å². The first-order chi connectivity index (χ1) is 14.1. The van der Waals surface area contributed by atoms with Crippen molar-refractivity contribution in [2.24, 2.45) is 0 Å². The van der Waals surface area contributed by atoms with Gasteiger partial charge in [-0.3, -0.25) is 4.98 Å². The third-order valence-electron chi connectivity index (χ3n) is 4.89. The van der Waals surface area contributed by atoms with Gasteiger partial charge in [0.1, 0.15) is 17.6 Å². The van der Waals surface area contributed by atoms with Crippen molar-refractivity contribution in [2.45, 2.75) is 18.5 Å². The molecule has 8 heteroatoms. The minimum absolute atomic E-state index is 0.0849. The quantitative estimate of drug-likeness (QED) is 0.518. The van der Waals surface area contributed by atoms with Gasteiger partial charge in [0.05, 0.1) is 21.8 Å². The molecule has 1 fully saturated rings. The third kappa shape index (κ3) is 3.98. The molecule has 3 aromatic rings. The molecule has 0 saturated carbocycles. The lowest BCUT2D eigenvalue weighted by atomic mass is 10.0. The van der Waals surface area contributed by atoms with E-state index >= 15 is 0 Å². The van der Waals surface area contributed by atoms with Crippen LogP contribution in [0.4, 0.5) is 0 Å². The zero-order valence-electron chi connectivity index (χ0n) is 15.4. The van der Waals surface area contributed by atoms with E-state index in [2.05, 4.69) is 10.3 Å². The Hall–Kier alpha value is -2.12. The number of aliphatic hydroxyl groups excluding tert-OH is 1. The minimum Gasteiger partial charge on any atom is -0.459 e. The molecule has 2 aromatic heterocycles. The van der Waals surface area contributed by atoms with Crippen molar-refractivity contribution in [1.29, 1.82) is 0 Å². The average molecular weight is 448 g/mol. The summed E-state index contributed by atoms with van der Waals surface area (Å²) in [5, 5.41) is 14.2. The number of rotatable bonds is 6. The van der Waals surface area contributed by atoms with Gasteiger partial charge in [-0.15, -0.1) is 0 Å². The van der Waals surface area contributed by atoms with E-state index in [1.54, 1.807) is 12.3 Å². The Balaban J connectivity index is 1.73. The van der Waals surface area contributed by atoms with Gasteiger partial charge >= 0.3 is 0 Å². The summed E-state index contributed by atoms with van der Waals surface area (Å²) in [7, 11) is 0. The predicted octanol–water partition coefficient (Wildman–Crippen LogP) is 5.00. The smallest absolute Gasteiger partial charge is 0.170 e. The van der Waals surface area contributed by atoms with Gasteiger partial charge < -0.3 is 19.7 Å². The van der Waals surface area contributed by atoms with E-state index in [0.717, 1.165) is 17.0 Å². The van der Waals surface area contributed by atoms with Crippen LogP contribution in [-0.4, -0.2) is 33.3 Å². The first kappa shape index (κ1) is 20.2. The number of benzene rings is 1. The predicted molar refractivity (Wildman–Crippen MR) is 118 cm³/mol. The molecule has 2 atom stereocenters.